The van der Waals surface area contributed by atoms with E-state index in [2.05, 4.69) is 26.3 Å². The van der Waals surface area contributed by atoms with Crippen molar-refractivity contribution in [3.05, 3.63) is 110 Å². The number of anilines is 1. The van der Waals surface area contributed by atoms with Gasteiger partial charge in [-0.05, 0) is 76.5 Å². The van der Waals surface area contributed by atoms with E-state index in [1.807, 2.05) is 55.5 Å². The van der Waals surface area contributed by atoms with Gasteiger partial charge in [0, 0.05) is 27.9 Å². The fraction of sp³-hybridized carbons (Fsp3) is 0.143. The summed E-state index contributed by atoms with van der Waals surface area (Å²) >= 11 is 15.7. The van der Waals surface area contributed by atoms with E-state index in [0.717, 1.165) is 22.4 Å². The number of ether oxygens (including phenoxy) is 2. The van der Waals surface area contributed by atoms with Crippen LogP contribution in [0.15, 0.2) is 77.4 Å². The van der Waals surface area contributed by atoms with Crippen molar-refractivity contribution in [2.24, 2.45) is 0 Å². The summed E-state index contributed by atoms with van der Waals surface area (Å²) < 4.78 is 13.7. The minimum atomic E-state index is -0.316. The van der Waals surface area contributed by atoms with Crippen LogP contribution in [0.3, 0.4) is 0 Å². The van der Waals surface area contributed by atoms with E-state index in [9.17, 15) is 4.79 Å². The smallest absolute Gasteiger partial charge is 0.249 e. The Kier molecular flexibility index (Phi) is 8.92. The van der Waals surface area contributed by atoms with Crippen molar-refractivity contribution in [3.8, 4) is 11.5 Å². The third-order valence-electron chi connectivity index (χ3n) is 5.45. The van der Waals surface area contributed by atoms with Crippen molar-refractivity contribution in [1.82, 2.24) is 9.78 Å². The second kappa shape index (κ2) is 12.3. The number of benzene rings is 3. The van der Waals surface area contributed by atoms with Gasteiger partial charge in [-0.2, -0.15) is 5.10 Å². The SMILES string of the molecule is COc1ccc(/C=C/C(=O)Nc2nn(Cc3ccc(Cl)cc3Cl)cc2Br)cc1COc1ccc(C)cc1. The maximum atomic E-state index is 12.6. The molecule has 0 saturated carbocycles. The number of aryl methyl sites for hydroxylation is 1. The number of hydrogen-bond donors (Lipinski definition) is 1. The molecular formula is C28H24BrCl2N3O3. The number of carbonyl (C=O) groups is 1. The Hall–Kier alpha value is -3.26. The number of carbonyl (C=O) groups excluding carboxylic acids is 1. The van der Waals surface area contributed by atoms with Crippen molar-refractivity contribution in [2.75, 3.05) is 12.4 Å². The Morgan fingerprint density at radius 2 is 1.86 bits per heavy atom. The van der Waals surface area contributed by atoms with E-state index in [0.29, 0.717) is 39.2 Å². The Morgan fingerprint density at radius 1 is 1.08 bits per heavy atom. The second-order valence-corrected chi connectivity index (χ2v) is 9.95. The fourth-order valence-electron chi connectivity index (χ4n) is 3.53. The summed E-state index contributed by atoms with van der Waals surface area (Å²) in [5.41, 5.74) is 3.73. The molecule has 4 aromatic rings. The zero-order chi connectivity index (χ0) is 26.4. The second-order valence-electron chi connectivity index (χ2n) is 8.25. The number of methoxy groups -OCH3 is 1. The summed E-state index contributed by atoms with van der Waals surface area (Å²) in [4.78, 5) is 12.6. The molecule has 1 N–H and O–H groups in total. The molecule has 0 radical (unpaired) electrons. The molecule has 0 fully saturated rings. The predicted molar refractivity (Wildman–Crippen MR) is 152 cm³/mol. The third-order valence-corrected chi connectivity index (χ3v) is 6.62. The molecule has 0 atom stereocenters. The number of halogens is 3. The zero-order valence-electron chi connectivity index (χ0n) is 20.2. The minimum absolute atomic E-state index is 0.316. The number of nitrogens with zero attached hydrogens (tertiary/aromatic N) is 2. The monoisotopic (exact) mass is 599 g/mol. The summed E-state index contributed by atoms with van der Waals surface area (Å²) in [6, 6.07) is 18.8. The summed E-state index contributed by atoms with van der Waals surface area (Å²) in [7, 11) is 1.62. The highest BCUT2D eigenvalue weighted by molar-refractivity contribution is 9.10. The molecule has 0 unspecified atom stereocenters. The van der Waals surface area contributed by atoms with Gasteiger partial charge >= 0.3 is 0 Å². The molecule has 6 nitrogen and oxygen atoms in total. The predicted octanol–water partition coefficient (Wildman–Crippen LogP) is 7.55. The highest BCUT2D eigenvalue weighted by Gasteiger charge is 2.11. The summed E-state index contributed by atoms with van der Waals surface area (Å²) in [5, 5.41) is 8.35. The van der Waals surface area contributed by atoms with Crippen molar-refractivity contribution < 1.29 is 14.3 Å². The van der Waals surface area contributed by atoms with Crippen LogP contribution in [0.5, 0.6) is 11.5 Å². The summed E-state index contributed by atoms with van der Waals surface area (Å²) in [6.45, 7) is 2.79. The first-order valence-electron chi connectivity index (χ1n) is 11.3. The fourth-order valence-corrected chi connectivity index (χ4v) is 4.41. The maximum absolute atomic E-state index is 12.6. The molecule has 1 amide bonds. The van der Waals surface area contributed by atoms with Crippen LogP contribution in [-0.4, -0.2) is 22.8 Å². The number of hydrogen-bond acceptors (Lipinski definition) is 4. The van der Waals surface area contributed by atoms with Gasteiger partial charge in [-0.1, -0.05) is 53.0 Å². The van der Waals surface area contributed by atoms with Crippen molar-refractivity contribution in [2.45, 2.75) is 20.1 Å². The van der Waals surface area contributed by atoms with Gasteiger partial charge in [0.25, 0.3) is 0 Å². The molecule has 0 aliphatic heterocycles. The van der Waals surface area contributed by atoms with E-state index in [4.69, 9.17) is 32.7 Å². The quantitative estimate of drug-likeness (QED) is 0.201. The molecule has 0 saturated heterocycles. The lowest BCUT2D eigenvalue weighted by molar-refractivity contribution is -0.111. The van der Waals surface area contributed by atoms with E-state index in [-0.39, 0.29) is 5.91 Å². The normalized spacial score (nSPS) is 11.1. The van der Waals surface area contributed by atoms with Crippen LogP contribution in [0.25, 0.3) is 6.08 Å². The van der Waals surface area contributed by atoms with E-state index in [1.54, 1.807) is 36.2 Å². The van der Waals surface area contributed by atoms with Crippen LogP contribution in [0.4, 0.5) is 5.82 Å². The standard InChI is InChI=1S/C28H24BrCl2N3O3/c1-18-3-9-23(10-4-18)37-17-21-13-19(5-11-26(21)36-2)6-12-27(35)32-28-24(29)16-34(33-28)15-20-7-8-22(30)14-25(20)31/h3-14,16H,15,17H2,1-2H3,(H,32,33,35)/b12-6+. The highest BCUT2D eigenvalue weighted by atomic mass is 79.9. The van der Waals surface area contributed by atoms with Crippen LogP contribution < -0.4 is 14.8 Å². The third kappa shape index (κ3) is 7.38. The average molecular weight is 601 g/mol. The largest absolute Gasteiger partial charge is 0.496 e. The van der Waals surface area contributed by atoms with Gasteiger partial charge in [0.1, 0.15) is 18.1 Å². The number of rotatable bonds is 9. The summed E-state index contributed by atoms with van der Waals surface area (Å²) in [5.74, 6) is 1.57. The highest BCUT2D eigenvalue weighted by Crippen LogP contribution is 2.26. The molecule has 0 aliphatic carbocycles. The lowest BCUT2D eigenvalue weighted by Crippen LogP contribution is -2.10. The van der Waals surface area contributed by atoms with E-state index in [1.165, 1.54) is 11.6 Å². The molecule has 0 spiro atoms. The van der Waals surface area contributed by atoms with Gasteiger partial charge in [-0.3, -0.25) is 9.48 Å². The molecule has 37 heavy (non-hydrogen) atoms. The summed E-state index contributed by atoms with van der Waals surface area (Å²) in [6.07, 6.45) is 4.95. The number of aromatic nitrogens is 2. The van der Waals surface area contributed by atoms with Crippen LogP contribution in [0.2, 0.25) is 10.0 Å². The van der Waals surface area contributed by atoms with Gasteiger partial charge in [-0.25, -0.2) is 0 Å². The van der Waals surface area contributed by atoms with Crippen LogP contribution >= 0.6 is 39.1 Å². The van der Waals surface area contributed by atoms with Crippen molar-refractivity contribution in [3.63, 3.8) is 0 Å². The molecule has 190 valence electrons. The van der Waals surface area contributed by atoms with Crippen LogP contribution in [0, 0.1) is 6.92 Å². The van der Waals surface area contributed by atoms with Crippen molar-refractivity contribution >= 4 is 56.9 Å². The van der Waals surface area contributed by atoms with E-state index >= 15 is 0 Å². The minimum Gasteiger partial charge on any atom is -0.496 e. The molecule has 9 heteroatoms. The van der Waals surface area contributed by atoms with Gasteiger partial charge in [-0.15, -0.1) is 0 Å². The first-order valence-corrected chi connectivity index (χ1v) is 12.9. The van der Waals surface area contributed by atoms with Crippen LogP contribution in [0.1, 0.15) is 22.3 Å². The Labute approximate surface area is 233 Å². The Bertz CT molecular complexity index is 1440. The molecular weight excluding hydrogens is 577 g/mol. The van der Waals surface area contributed by atoms with Gasteiger partial charge in [0.2, 0.25) is 5.91 Å². The van der Waals surface area contributed by atoms with E-state index < -0.39 is 0 Å². The van der Waals surface area contributed by atoms with Crippen molar-refractivity contribution in [1.29, 1.82) is 0 Å². The van der Waals surface area contributed by atoms with Crippen LogP contribution in [-0.2, 0) is 17.9 Å². The molecule has 1 heterocycles. The number of amides is 1. The Morgan fingerprint density at radius 3 is 2.59 bits per heavy atom. The van der Waals surface area contributed by atoms with Gasteiger partial charge < -0.3 is 14.8 Å². The molecule has 3 aromatic carbocycles. The molecule has 4 rings (SSSR count). The number of nitrogens with one attached hydrogen (secondary N) is 1. The maximum Gasteiger partial charge on any atom is 0.249 e. The lowest BCUT2D eigenvalue weighted by atomic mass is 10.1. The molecule has 1 aromatic heterocycles. The lowest BCUT2D eigenvalue weighted by Gasteiger charge is -2.11. The van der Waals surface area contributed by atoms with Gasteiger partial charge in [0.15, 0.2) is 5.82 Å². The average Bonchev–Trinajstić information content (AvgIpc) is 3.22. The first-order chi connectivity index (χ1) is 17.8. The molecule has 0 bridgehead atoms. The topological polar surface area (TPSA) is 65.4 Å². The zero-order valence-corrected chi connectivity index (χ0v) is 23.3. The molecule has 0 aliphatic rings. The Balaban J connectivity index is 1.40. The van der Waals surface area contributed by atoms with Gasteiger partial charge in [0.05, 0.1) is 18.1 Å². The first kappa shape index (κ1) is 26.8.